The molecule has 0 spiro atoms. The van der Waals surface area contributed by atoms with Crippen molar-refractivity contribution in [1.29, 1.82) is 0 Å². The molecule has 0 bridgehead atoms. The molecule has 144 valence electrons. The summed E-state index contributed by atoms with van der Waals surface area (Å²) < 4.78 is 25.5. The van der Waals surface area contributed by atoms with Crippen LogP contribution in [0.5, 0.6) is 0 Å². The van der Waals surface area contributed by atoms with Crippen LogP contribution in [0.15, 0.2) is 57.2 Å². The number of carbonyl (C=O) groups is 1. The van der Waals surface area contributed by atoms with E-state index in [1.165, 1.54) is 23.5 Å². The summed E-state index contributed by atoms with van der Waals surface area (Å²) in [7, 11) is -3.82. The van der Waals surface area contributed by atoms with Gasteiger partial charge in [0.05, 0.1) is 28.1 Å². The second-order valence-electron chi connectivity index (χ2n) is 5.88. The van der Waals surface area contributed by atoms with E-state index in [1.54, 1.807) is 22.4 Å². The maximum Gasteiger partial charge on any atom is 0.252 e. The molecule has 1 amide bonds. The van der Waals surface area contributed by atoms with Crippen molar-refractivity contribution in [2.75, 3.05) is 6.26 Å². The zero-order valence-corrected chi connectivity index (χ0v) is 17.4. The average molecular weight is 432 g/mol. The first-order chi connectivity index (χ1) is 13.3. The minimum atomic E-state index is -3.82. The maximum absolute atomic E-state index is 12.4. The minimum absolute atomic E-state index is 0.000804. The zero-order valence-electron chi connectivity index (χ0n) is 15.0. The van der Waals surface area contributed by atoms with Crippen molar-refractivity contribution < 1.29 is 13.2 Å². The van der Waals surface area contributed by atoms with Gasteiger partial charge >= 0.3 is 0 Å². The van der Waals surface area contributed by atoms with Crippen molar-refractivity contribution in [3.63, 3.8) is 0 Å². The SMILES string of the molecule is C#CCn1c(=NC(=O)Cc2ccc(SC)cc2)sc2cc(S(N)(=O)=O)ccc21. The normalized spacial score (nSPS) is 12.2. The molecule has 0 atom stereocenters. The molecule has 6 nitrogen and oxygen atoms in total. The van der Waals surface area contributed by atoms with Crippen LogP contribution in [0.3, 0.4) is 0 Å². The highest BCUT2D eigenvalue weighted by molar-refractivity contribution is 7.98. The molecule has 0 fully saturated rings. The third-order valence-electron chi connectivity index (χ3n) is 3.97. The van der Waals surface area contributed by atoms with E-state index in [2.05, 4.69) is 10.9 Å². The number of rotatable bonds is 5. The lowest BCUT2D eigenvalue weighted by molar-refractivity contribution is -0.117. The molecule has 28 heavy (non-hydrogen) atoms. The molecule has 9 heteroatoms. The number of nitrogens with zero attached hydrogens (tertiary/aromatic N) is 2. The van der Waals surface area contributed by atoms with Gasteiger partial charge in [-0.2, -0.15) is 4.99 Å². The number of nitrogens with two attached hydrogens (primary N) is 1. The predicted molar refractivity (Wildman–Crippen MR) is 113 cm³/mol. The molecule has 0 saturated carbocycles. The topological polar surface area (TPSA) is 94.5 Å². The van der Waals surface area contributed by atoms with Crippen molar-refractivity contribution in [2.24, 2.45) is 10.1 Å². The van der Waals surface area contributed by atoms with Gasteiger partial charge in [0.25, 0.3) is 5.91 Å². The van der Waals surface area contributed by atoms with Gasteiger partial charge in [-0.05, 0) is 42.2 Å². The van der Waals surface area contributed by atoms with Crippen molar-refractivity contribution >= 4 is 49.2 Å². The van der Waals surface area contributed by atoms with Crippen LogP contribution in [0.4, 0.5) is 0 Å². The van der Waals surface area contributed by atoms with Gasteiger partial charge in [-0.25, -0.2) is 13.6 Å². The Morgan fingerprint density at radius 3 is 2.61 bits per heavy atom. The van der Waals surface area contributed by atoms with E-state index >= 15 is 0 Å². The molecule has 0 radical (unpaired) electrons. The highest BCUT2D eigenvalue weighted by Crippen LogP contribution is 2.21. The molecule has 3 aromatic rings. The molecule has 1 aromatic heterocycles. The number of thioether (sulfide) groups is 1. The lowest BCUT2D eigenvalue weighted by Gasteiger charge is -2.02. The molecular formula is C19H17N3O3S3. The van der Waals surface area contributed by atoms with Gasteiger partial charge < -0.3 is 4.57 Å². The lowest BCUT2D eigenvalue weighted by Crippen LogP contribution is -2.17. The number of sulfonamides is 1. The van der Waals surface area contributed by atoms with E-state index in [1.807, 2.05) is 30.5 Å². The van der Waals surface area contributed by atoms with E-state index in [9.17, 15) is 13.2 Å². The predicted octanol–water partition coefficient (Wildman–Crippen LogP) is 2.38. The van der Waals surface area contributed by atoms with Gasteiger partial charge in [0, 0.05) is 4.90 Å². The number of amides is 1. The van der Waals surface area contributed by atoms with E-state index in [0.29, 0.717) is 15.0 Å². The molecule has 0 aliphatic heterocycles. The quantitative estimate of drug-likeness (QED) is 0.496. The summed E-state index contributed by atoms with van der Waals surface area (Å²) in [6, 6.07) is 12.2. The van der Waals surface area contributed by atoms with Gasteiger partial charge in [-0.3, -0.25) is 4.79 Å². The standard InChI is InChI=1S/C19H17N3O3S3/c1-3-10-22-16-9-8-15(28(20,24)25)12-17(16)27-19(22)21-18(23)11-13-4-6-14(26-2)7-5-13/h1,4-9,12H,10-11H2,2H3,(H2,20,24,25). The van der Waals surface area contributed by atoms with E-state index in [4.69, 9.17) is 11.6 Å². The summed E-state index contributed by atoms with van der Waals surface area (Å²) in [6.45, 7) is 0.212. The Labute approximate surface area is 171 Å². The highest BCUT2D eigenvalue weighted by atomic mass is 32.2. The molecule has 2 N–H and O–H groups in total. The number of carbonyl (C=O) groups excluding carboxylic acids is 1. The Bertz CT molecular complexity index is 1250. The number of benzene rings is 2. The molecule has 0 aliphatic carbocycles. The second-order valence-corrected chi connectivity index (χ2v) is 9.33. The zero-order chi connectivity index (χ0) is 20.3. The minimum Gasteiger partial charge on any atom is -0.305 e. The van der Waals surface area contributed by atoms with E-state index in [0.717, 1.165) is 10.5 Å². The first-order valence-electron chi connectivity index (χ1n) is 8.12. The fourth-order valence-corrected chi connectivity index (χ4v) is 4.73. The van der Waals surface area contributed by atoms with Crippen LogP contribution in [-0.2, 0) is 27.8 Å². The summed E-state index contributed by atoms with van der Waals surface area (Å²) in [4.78, 5) is 18.2. The Kier molecular flexibility index (Phi) is 6.05. The molecule has 3 rings (SSSR count). The molecular weight excluding hydrogens is 414 g/mol. The Morgan fingerprint density at radius 2 is 2.00 bits per heavy atom. The highest BCUT2D eigenvalue weighted by Gasteiger charge is 2.13. The Morgan fingerprint density at radius 1 is 1.29 bits per heavy atom. The summed E-state index contributed by atoms with van der Waals surface area (Å²) in [6.07, 6.45) is 7.61. The van der Waals surface area contributed by atoms with E-state index in [-0.39, 0.29) is 23.8 Å². The molecule has 0 aliphatic rings. The number of aromatic nitrogens is 1. The number of hydrogen-bond donors (Lipinski definition) is 1. The number of terminal acetylenes is 1. The fourth-order valence-electron chi connectivity index (χ4n) is 2.62. The van der Waals surface area contributed by atoms with Crippen LogP contribution in [0, 0.1) is 12.3 Å². The summed E-state index contributed by atoms with van der Waals surface area (Å²) in [5.74, 6) is 2.23. The second kappa shape index (κ2) is 8.32. The van der Waals surface area contributed by atoms with Crippen LogP contribution in [-0.4, -0.2) is 25.1 Å². The van der Waals surface area contributed by atoms with Gasteiger partial charge in [0.15, 0.2) is 4.80 Å². The number of fused-ring (bicyclic) bond motifs is 1. The summed E-state index contributed by atoms with van der Waals surface area (Å²) in [5.41, 5.74) is 1.57. The van der Waals surface area contributed by atoms with Gasteiger partial charge in [0.2, 0.25) is 10.0 Å². The van der Waals surface area contributed by atoms with Crippen LogP contribution < -0.4 is 9.94 Å². The van der Waals surface area contributed by atoms with Gasteiger partial charge in [-0.15, -0.1) is 18.2 Å². The fraction of sp³-hybridized carbons (Fsp3) is 0.158. The first-order valence-corrected chi connectivity index (χ1v) is 11.7. The number of thiazole rings is 1. The monoisotopic (exact) mass is 431 g/mol. The van der Waals surface area contributed by atoms with Crippen molar-refractivity contribution in [3.8, 4) is 12.3 Å². The Balaban J connectivity index is 2.00. The molecule has 0 saturated heterocycles. The van der Waals surface area contributed by atoms with Gasteiger partial charge in [0.1, 0.15) is 0 Å². The van der Waals surface area contributed by atoms with Crippen LogP contribution >= 0.6 is 23.1 Å². The number of hydrogen-bond acceptors (Lipinski definition) is 5. The smallest absolute Gasteiger partial charge is 0.252 e. The first kappa shape index (κ1) is 20.4. The van der Waals surface area contributed by atoms with E-state index < -0.39 is 10.0 Å². The van der Waals surface area contributed by atoms with Crippen LogP contribution in [0.25, 0.3) is 10.2 Å². The third-order valence-corrected chi connectivity index (χ3v) is 6.66. The molecule has 2 aromatic carbocycles. The van der Waals surface area contributed by atoms with Crippen LogP contribution in [0.1, 0.15) is 5.56 Å². The van der Waals surface area contributed by atoms with Crippen molar-refractivity contribution in [1.82, 2.24) is 4.57 Å². The summed E-state index contributed by atoms with van der Waals surface area (Å²) in [5, 5.41) is 5.20. The number of primary sulfonamides is 1. The van der Waals surface area contributed by atoms with Gasteiger partial charge in [-0.1, -0.05) is 29.4 Å². The van der Waals surface area contributed by atoms with Crippen molar-refractivity contribution in [3.05, 3.63) is 52.8 Å². The lowest BCUT2D eigenvalue weighted by atomic mass is 10.1. The summed E-state index contributed by atoms with van der Waals surface area (Å²) >= 11 is 2.83. The molecule has 1 heterocycles. The van der Waals surface area contributed by atoms with Crippen molar-refractivity contribution in [2.45, 2.75) is 22.8 Å². The third kappa shape index (κ3) is 4.54. The largest absolute Gasteiger partial charge is 0.305 e. The van der Waals surface area contributed by atoms with Crippen LogP contribution in [0.2, 0.25) is 0 Å². The molecule has 0 unspecified atom stereocenters. The average Bonchev–Trinajstić information content (AvgIpc) is 2.98. The maximum atomic E-state index is 12.4. The Hall–Kier alpha value is -2.38.